The lowest BCUT2D eigenvalue weighted by Gasteiger charge is -2.09. The molecule has 1 heterocycles. The Bertz CT molecular complexity index is 517. The van der Waals surface area contributed by atoms with Crippen LogP contribution in [0.25, 0.3) is 0 Å². The highest BCUT2D eigenvalue weighted by Crippen LogP contribution is 2.23. The lowest BCUT2D eigenvalue weighted by Crippen LogP contribution is -2.01. The van der Waals surface area contributed by atoms with E-state index in [4.69, 9.17) is 4.74 Å². The van der Waals surface area contributed by atoms with Crippen LogP contribution in [0.15, 0.2) is 42.9 Å². The molecule has 0 radical (unpaired) electrons. The van der Waals surface area contributed by atoms with Crippen molar-refractivity contribution in [3.8, 4) is 11.8 Å². The molecule has 4 heteroatoms. The van der Waals surface area contributed by atoms with Gasteiger partial charge in [0.05, 0.1) is 18.9 Å². The summed E-state index contributed by atoms with van der Waals surface area (Å²) in [4.78, 5) is 7.95. The summed E-state index contributed by atoms with van der Waals surface area (Å²) in [6, 6.07) is 11.4. The number of hydrogen-bond acceptors (Lipinski definition) is 4. The Morgan fingerprint density at radius 3 is 2.53 bits per heavy atom. The fourth-order valence-electron chi connectivity index (χ4n) is 1.58. The molecule has 0 N–H and O–H groups in total. The number of aromatic nitrogens is 2. The Labute approximate surface area is 99.5 Å². The molecule has 0 amide bonds. The zero-order valence-electron chi connectivity index (χ0n) is 9.37. The summed E-state index contributed by atoms with van der Waals surface area (Å²) in [6.07, 6.45) is 3.08. The highest BCUT2D eigenvalue weighted by molar-refractivity contribution is 5.37. The Hall–Kier alpha value is -2.41. The Morgan fingerprint density at radius 1 is 1.24 bits per heavy atom. The van der Waals surface area contributed by atoms with E-state index in [2.05, 4.69) is 16.0 Å². The van der Waals surface area contributed by atoms with Gasteiger partial charge in [0.25, 0.3) is 0 Å². The molecule has 17 heavy (non-hydrogen) atoms. The van der Waals surface area contributed by atoms with Gasteiger partial charge in [0.2, 0.25) is 0 Å². The van der Waals surface area contributed by atoms with Crippen LogP contribution in [0.2, 0.25) is 0 Å². The number of rotatable bonds is 3. The van der Waals surface area contributed by atoms with Crippen molar-refractivity contribution in [1.82, 2.24) is 9.97 Å². The molecule has 1 unspecified atom stereocenters. The molecule has 1 atom stereocenters. The lowest BCUT2D eigenvalue weighted by molar-refractivity contribution is 0.414. The molecule has 1 aromatic carbocycles. The van der Waals surface area contributed by atoms with E-state index in [0.717, 1.165) is 11.3 Å². The second-order valence-electron chi connectivity index (χ2n) is 3.47. The number of methoxy groups -OCH3 is 1. The van der Waals surface area contributed by atoms with E-state index in [9.17, 15) is 5.26 Å². The molecular weight excluding hydrogens is 214 g/mol. The molecule has 0 aliphatic heterocycles. The van der Waals surface area contributed by atoms with Crippen LogP contribution in [0.3, 0.4) is 0 Å². The SMILES string of the molecule is COc1ccc(C(C#N)c2ccncn2)cc1. The summed E-state index contributed by atoms with van der Waals surface area (Å²) in [6.45, 7) is 0. The van der Waals surface area contributed by atoms with Gasteiger partial charge >= 0.3 is 0 Å². The van der Waals surface area contributed by atoms with Crippen molar-refractivity contribution in [2.24, 2.45) is 0 Å². The first-order valence-electron chi connectivity index (χ1n) is 5.14. The van der Waals surface area contributed by atoms with Crippen molar-refractivity contribution in [2.45, 2.75) is 5.92 Å². The molecule has 4 nitrogen and oxygen atoms in total. The fraction of sp³-hybridized carbons (Fsp3) is 0.154. The fourth-order valence-corrected chi connectivity index (χ4v) is 1.58. The summed E-state index contributed by atoms with van der Waals surface area (Å²) in [5, 5.41) is 9.22. The molecule has 0 aliphatic carbocycles. The number of benzene rings is 1. The molecule has 0 saturated carbocycles. The van der Waals surface area contributed by atoms with Gasteiger partial charge in [-0.2, -0.15) is 5.26 Å². The van der Waals surface area contributed by atoms with Crippen molar-refractivity contribution >= 4 is 0 Å². The minimum Gasteiger partial charge on any atom is -0.497 e. The van der Waals surface area contributed by atoms with Gasteiger partial charge in [-0.05, 0) is 23.8 Å². The maximum Gasteiger partial charge on any atom is 0.118 e. The first-order chi connectivity index (χ1) is 8.35. The van der Waals surface area contributed by atoms with Gasteiger partial charge in [0, 0.05) is 6.20 Å². The van der Waals surface area contributed by atoms with Crippen molar-refractivity contribution in [2.75, 3.05) is 7.11 Å². The van der Waals surface area contributed by atoms with Crippen LogP contribution in [-0.2, 0) is 0 Å². The van der Waals surface area contributed by atoms with Crippen LogP contribution in [-0.4, -0.2) is 17.1 Å². The lowest BCUT2D eigenvalue weighted by atomic mass is 9.97. The van der Waals surface area contributed by atoms with Crippen LogP contribution in [0, 0.1) is 11.3 Å². The standard InChI is InChI=1S/C13H11N3O/c1-17-11-4-2-10(3-5-11)12(8-14)13-6-7-15-9-16-13/h2-7,9,12H,1H3. The Kier molecular flexibility index (Phi) is 3.31. The van der Waals surface area contributed by atoms with Crippen LogP contribution in [0.5, 0.6) is 5.75 Å². The second-order valence-corrected chi connectivity index (χ2v) is 3.47. The van der Waals surface area contributed by atoms with Crippen LogP contribution < -0.4 is 4.74 Å². The Morgan fingerprint density at radius 2 is 2.00 bits per heavy atom. The molecular formula is C13H11N3O. The van der Waals surface area contributed by atoms with Crippen LogP contribution in [0.1, 0.15) is 17.2 Å². The van der Waals surface area contributed by atoms with E-state index in [-0.39, 0.29) is 5.92 Å². The van der Waals surface area contributed by atoms with Gasteiger partial charge in [0.15, 0.2) is 0 Å². The minimum atomic E-state index is -0.371. The summed E-state index contributed by atoms with van der Waals surface area (Å²) in [5.41, 5.74) is 1.60. The molecule has 2 rings (SSSR count). The smallest absolute Gasteiger partial charge is 0.118 e. The summed E-state index contributed by atoms with van der Waals surface area (Å²) >= 11 is 0. The van der Waals surface area contributed by atoms with Gasteiger partial charge in [-0.3, -0.25) is 0 Å². The molecule has 0 saturated heterocycles. The number of nitrogens with zero attached hydrogens (tertiary/aromatic N) is 3. The number of nitriles is 1. The Balaban J connectivity index is 2.33. The van der Waals surface area contributed by atoms with E-state index in [0.29, 0.717) is 5.69 Å². The average molecular weight is 225 g/mol. The second kappa shape index (κ2) is 5.08. The third-order valence-corrected chi connectivity index (χ3v) is 2.48. The molecule has 0 bridgehead atoms. The maximum atomic E-state index is 9.22. The first-order valence-corrected chi connectivity index (χ1v) is 5.14. The topological polar surface area (TPSA) is 58.8 Å². The molecule has 1 aromatic heterocycles. The van der Waals surface area contributed by atoms with E-state index in [1.807, 2.05) is 24.3 Å². The van der Waals surface area contributed by atoms with E-state index in [1.54, 1.807) is 19.4 Å². The minimum absolute atomic E-state index is 0.371. The highest BCUT2D eigenvalue weighted by atomic mass is 16.5. The van der Waals surface area contributed by atoms with Gasteiger partial charge < -0.3 is 4.74 Å². The van der Waals surface area contributed by atoms with Crippen LogP contribution >= 0.6 is 0 Å². The molecule has 0 fully saturated rings. The predicted octanol–water partition coefficient (Wildman–Crippen LogP) is 2.14. The van der Waals surface area contributed by atoms with Gasteiger partial charge in [-0.25, -0.2) is 9.97 Å². The third kappa shape index (κ3) is 2.40. The van der Waals surface area contributed by atoms with E-state index >= 15 is 0 Å². The van der Waals surface area contributed by atoms with Crippen molar-refractivity contribution in [1.29, 1.82) is 5.26 Å². The zero-order chi connectivity index (χ0) is 12.1. The first kappa shape index (κ1) is 11.1. The largest absolute Gasteiger partial charge is 0.497 e. The normalized spacial score (nSPS) is 11.5. The van der Waals surface area contributed by atoms with Crippen LogP contribution in [0.4, 0.5) is 0 Å². The molecule has 0 spiro atoms. The van der Waals surface area contributed by atoms with Gasteiger partial charge in [-0.15, -0.1) is 0 Å². The highest BCUT2D eigenvalue weighted by Gasteiger charge is 2.14. The summed E-state index contributed by atoms with van der Waals surface area (Å²) in [7, 11) is 1.61. The van der Waals surface area contributed by atoms with Crippen molar-refractivity contribution < 1.29 is 4.74 Å². The van der Waals surface area contributed by atoms with Crippen molar-refractivity contribution in [3.63, 3.8) is 0 Å². The monoisotopic (exact) mass is 225 g/mol. The van der Waals surface area contributed by atoms with Gasteiger partial charge in [0.1, 0.15) is 18.0 Å². The van der Waals surface area contributed by atoms with Gasteiger partial charge in [-0.1, -0.05) is 12.1 Å². The quantitative estimate of drug-likeness (QED) is 0.803. The molecule has 0 aliphatic rings. The maximum absolute atomic E-state index is 9.22. The van der Waals surface area contributed by atoms with E-state index < -0.39 is 0 Å². The number of hydrogen-bond donors (Lipinski definition) is 0. The predicted molar refractivity (Wildman–Crippen MR) is 62.5 cm³/mol. The molecule has 2 aromatic rings. The summed E-state index contributed by atoms with van der Waals surface area (Å²) < 4.78 is 5.08. The van der Waals surface area contributed by atoms with Crippen molar-refractivity contribution in [3.05, 3.63) is 54.1 Å². The zero-order valence-corrected chi connectivity index (χ0v) is 9.37. The summed E-state index contributed by atoms with van der Waals surface area (Å²) in [5.74, 6) is 0.400. The molecule has 84 valence electrons. The number of ether oxygens (including phenoxy) is 1. The average Bonchev–Trinajstić information content (AvgIpc) is 2.42. The third-order valence-electron chi connectivity index (χ3n) is 2.48. The van der Waals surface area contributed by atoms with E-state index in [1.165, 1.54) is 6.33 Å².